The maximum atomic E-state index is 8.90. The van der Waals surface area contributed by atoms with E-state index < -0.39 is 0 Å². The average Bonchev–Trinajstić information content (AvgIpc) is 2.46. The highest BCUT2D eigenvalue weighted by molar-refractivity contribution is 5.33. The van der Waals surface area contributed by atoms with Crippen LogP contribution in [-0.4, -0.2) is 12.1 Å². The minimum absolute atomic E-state index is 0.322. The van der Waals surface area contributed by atoms with E-state index in [1.54, 1.807) is 19.4 Å². The third-order valence-corrected chi connectivity index (χ3v) is 2.45. The van der Waals surface area contributed by atoms with Crippen LogP contribution < -0.4 is 9.47 Å². The number of pyridine rings is 1. The third kappa shape index (κ3) is 2.77. The molecule has 0 atom stereocenters. The Balaban J connectivity index is 2.05. The number of nitrogens with zero attached hydrogens (tertiary/aromatic N) is 2. The van der Waals surface area contributed by atoms with Crippen molar-refractivity contribution >= 4 is 0 Å². The van der Waals surface area contributed by atoms with E-state index in [0.717, 1.165) is 17.1 Å². The smallest absolute Gasteiger partial charge is 0.147 e. The van der Waals surface area contributed by atoms with Gasteiger partial charge in [-0.25, -0.2) is 4.98 Å². The standard InChI is InChI=1S/C14H12N2O2/c1-17-12-4-6-13(7-5-12)18-10-11-3-2-8-16-14(11)9-15/h2-8H,10H2,1H3. The highest BCUT2D eigenvalue weighted by atomic mass is 16.5. The molecule has 0 spiro atoms. The van der Waals surface area contributed by atoms with Gasteiger partial charge in [-0.15, -0.1) is 0 Å². The van der Waals surface area contributed by atoms with Crippen LogP contribution in [-0.2, 0) is 6.61 Å². The summed E-state index contributed by atoms with van der Waals surface area (Å²) in [6.07, 6.45) is 1.59. The van der Waals surface area contributed by atoms with Crippen LogP contribution in [0.1, 0.15) is 11.3 Å². The second-order valence-corrected chi connectivity index (χ2v) is 3.59. The van der Waals surface area contributed by atoms with E-state index >= 15 is 0 Å². The zero-order chi connectivity index (χ0) is 12.8. The van der Waals surface area contributed by atoms with Crippen molar-refractivity contribution in [1.82, 2.24) is 4.98 Å². The van der Waals surface area contributed by atoms with Gasteiger partial charge in [0.25, 0.3) is 0 Å². The molecule has 1 heterocycles. The summed E-state index contributed by atoms with van der Waals surface area (Å²) in [6, 6.07) is 12.9. The molecule has 2 aromatic rings. The fourth-order valence-electron chi connectivity index (χ4n) is 1.49. The second kappa shape index (κ2) is 5.69. The largest absolute Gasteiger partial charge is 0.497 e. The third-order valence-electron chi connectivity index (χ3n) is 2.45. The van der Waals surface area contributed by atoms with Crippen molar-refractivity contribution in [3.05, 3.63) is 53.9 Å². The van der Waals surface area contributed by atoms with E-state index in [4.69, 9.17) is 14.7 Å². The van der Waals surface area contributed by atoms with Crippen LogP contribution in [0.15, 0.2) is 42.6 Å². The number of nitriles is 1. The first kappa shape index (κ1) is 11.9. The van der Waals surface area contributed by atoms with E-state index in [-0.39, 0.29) is 0 Å². The van der Waals surface area contributed by atoms with E-state index in [9.17, 15) is 0 Å². The van der Waals surface area contributed by atoms with Gasteiger partial charge in [0.2, 0.25) is 0 Å². The summed E-state index contributed by atoms with van der Waals surface area (Å²) in [4.78, 5) is 3.98. The highest BCUT2D eigenvalue weighted by Gasteiger charge is 2.03. The van der Waals surface area contributed by atoms with E-state index in [0.29, 0.717) is 12.3 Å². The predicted molar refractivity (Wildman–Crippen MR) is 66.3 cm³/mol. The molecule has 4 nitrogen and oxygen atoms in total. The molecule has 0 saturated carbocycles. The number of methoxy groups -OCH3 is 1. The zero-order valence-corrected chi connectivity index (χ0v) is 9.96. The van der Waals surface area contributed by atoms with Crippen LogP contribution in [0.3, 0.4) is 0 Å². The van der Waals surface area contributed by atoms with Gasteiger partial charge in [-0.05, 0) is 30.3 Å². The van der Waals surface area contributed by atoms with Crippen LogP contribution in [0.2, 0.25) is 0 Å². The number of aromatic nitrogens is 1. The van der Waals surface area contributed by atoms with Crippen molar-refractivity contribution < 1.29 is 9.47 Å². The van der Waals surface area contributed by atoms with Crippen LogP contribution in [0, 0.1) is 11.3 Å². The molecular weight excluding hydrogens is 228 g/mol. The normalized spacial score (nSPS) is 9.56. The molecule has 0 bridgehead atoms. The molecule has 0 aliphatic carbocycles. The molecular formula is C14H12N2O2. The molecule has 0 unspecified atom stereocenters. The van der Waals surface area contributed by atoms with Crippen LogP contribution in [0.4, 0.5) is 0 Å². The van der Waals surface area contributed by atoms with Crippen molar-refractivity contribution in [2.75, 3.05) is 7.11 Å². The summed E-state index contributed by atoms with van der Waals surface area (Å²) in [5, 5.41) is 8.90. The molecule has 0 N–H and O–H groups in total. The fourth-order valence-corrected chi connectivity index (χ4v) is 1.49. The Hall–Kier alpha value is -2.54. The fraction of sp³-hybridized carbons (Fsp3) is 0.143. The Morgan fingerprint density at radius 1 is 1.17 bits per heavy atom. The lowest BCUT2D eigenvalue weighted by atomic mass is 10.2. The van der Waals surface area contributed by atoms with Crippen LogP contribution in [0.25, 0.3) is 0 Å². The zero-order valence-electron chi connectivity index (χ0n) is 9.96. The lowest BCUT2D eigenvalue weighted by molar-refractivity contribution is 0.304. The summed E-state index contributed by atoms with van der Waals surface area (Å²) < 4.78 is 10.6. The summed E-state index contributed by atoms with van der Waals surface area (Å²) >= 11 is 0. The topological polar surface area (TPSA) is 55.1 Å². The quantitative estimate of drug-likeness (QED) is 0.824. The Labute approximate surface area is 105 Å². The number of ether oxygens (including phenoxy) is 2. The number of benzene rings is 1. The van der Waals surface area contributed by atoms with Gasteiger partial charge in [0.1, 0.15) is 29.9 Å². The molecule has 0 radical (unpaired) electrons. The molecule has 4 heteroatoms. The van der Waals surface area contributed by atoms with Crippen molar-refractivity contribution in [1.29, 1.82) is 5.26 Å². The Bertz CT molecular complexity index is 559. The Morgan fingerprint density at radius 3 is 2.56 bits per heavy atom. The lowest BCUT2D eigenvalue weighted by Gasteiger charge is -2.07. The number of hydrogen-bond acceptors (Lipinski definition) is 4. The maximum Gasteiger partial charge on any atom is 0.147 e. The minimum atomic E-state index is 0.322. The summed E-state index contributed by atoms with van der Waals surface area (Å²) in [5.41, 5.74) is 1.17. The van der Waals surface area contributed by atoms with Gasteiger partial charge < -0.3 is 9.47 Å². The van der Waals surface area contributed by atoms with Gasteiger partial charge >= 0.3 is 0 Å². The summed E-state index contributed by atoms with van der Waals surface area (Å²) in [6.45, 7) is 0.322. The van der Waals surface area contributed by atoms with Gasteiger partial charge in [0.05, 0.1) is 7.11 Å². The molecule has 2 rings (SSSR count). The Kier molecular flexibility index (Phi) is 3.77. The number of rotatable bonds is 4. The number of hydrogen-bond donors (Lipinski definition) is 0. The molecule has 0 fully saturated rings. The molecule has 1 aromatic carbocycles. The van der Waals surface area contributed by atoms with E-state index in [2.05, 4.69) is 4.98 Å². The molecule has 90 valence electrons. The minimum Gasteiger partial charge on any atom is -0.497 e. The second-order valence-electron chi connectivity index (χ2n) is 3.59. The van der Waals surface area contributed by atoms with Gasteiger partial charge in [0, 0.05) is 11.8 Å². The van der Waals surface area contributed by atoms with Crippen molar-refractivity contribution in [3.63, 3.8) is 0 Å². The Morgan fingerprint density at radius 2 is 1.89 bits per heavy atom. The predicted octanol–water partition coefficient (Wildman–Crippen LogP) is 2.54. The summed E-state index contributed by atoms with van der Waals surface area (Å²) in [5.74, 6) is 1.50. The lowest BCUT2D eigenvalue weighted by Crippen LogP contribution is -1.99. The monoisotopic (exact) mass is 240 g/mol. The molecule has 0 saturated heterocycles. The van der Waals surface area contributed by atoms with Crippen LogP contribution in [0.5, 0.6) is 11.5 Å². The SMILES string of the molecule is COc1ccc(OCc2cccnc2C#N)cc1. The van der Waals surface area contributed by atoms with Crippen molar-refractivity contribution in [3.8, 4) is 17.6 Å². The molecule has 1 aromatic heterocycles. The first-order valence-corrected chi connectivity index (χ1v) is 5.44. The molecule has 0 aliphatic heterocycles. The van der Waals surface area contributed by atoms with E-state index in [1.807, 2.05) is 36.4 Å². The molecule has 0 amide bonds. The molecule has 0 aliphatic rings. The summed E-state index contributed by atoms with van der Waals surface area (Å²) in [7, 11) is 1.62. The highest BCUT2D eigenvalue weighted by Crippen LogP contribution is 2.18. The van der Waals surface area contributed by atoms with E-state index in [1.165, 1.54) is 0 Å². The average molecular weight is 240 g/mol. The first-order chi connectivity index (χ1) is 8.83. The van der Waals surface area contributed by atoms with Gasteiger partial charge in [-0.1, -0.05) is 6.07 Å². The van der Waals surface area contributed by atoms with Gasteiger partial charge in [0.15, 0.2) is 0 Å². The van der Waals surface area contributed by atoms with Gasteiger partial charge in [-0.3, -0.25) is 0 Å². The van der Waals surface area contributed by atoms with Crippen LogP contribution >= 0.6 is 0 Å². The maximum absolute atomic E-state index is 8.90. The van der Waals surface area contributed by atoms with Gasteiger partial charge in [-0.2, -0.15) is 5.26 Å². The molecule has 18 heavy (non-hydrogen) atoms. The van der Waals surface area contributed by atoms with Crippen molar-refractivity contribution in [2.24, 2.45) is 0 Å². The van der Waals surface area contributed by atoms with Crippen molar-refractivity contribution in [2.45, 2.75) is 6.61 Å². The first-order valence-electron chi connectivity index (χ1n) is 5.44.